The Hall–Kier alpha value is -2.02. The van der Waals surface area contributed by atoms with Crippen LogP contribution >= 0.6 is 27.3 Å². The maximum Gasteiger partial charge on any atom is 0.253 e. The van der Waals surface area contributed by atoms with E-state index in [4.69, 9.17) is 4.98 Å². The molecule has 2 heterocycles. The van der Waals surface area contributed by atoms with E-state index in [1.807, 2.05) is 47.4 Å². The minimum atomic E-state index is 0.107. The maximum absolute atomic E-state index is 12.7. The van der Waals surface area contributed by atoms with E-state index in [0.717, 1.165) is 59.0 Å². The van der Waals surface area contributed by atoms with Gasteiger partial charge >= 0.3 is 0 Å². The molecule has 0 saturated carbocycles. The van der Waals surface area contributed by atoms with Gasteiger partial charge in [-0.15, -0.1) is 11.3 Å². The summed E-state index contributed by atoms with van der Waals surface area (Å²) >= 11 is 5.12. The first-order chi connectivity index (χ1) is 13.2. The number of hydrogen-bond acceptors (Lipinski definition) is 4. The highest BCUT2D eigenvalue weighted by molar-refractivity contribution is 9.10. The molecule has 4 rings (SSSR count). The third-order valence-electron chi connectivity index (χ3n) is 4.69. The van der Waals surface area contributed by atoms with Crippen molar-refractivity contribution < 1.29 is 4.79 Å². The number of carbonyl (C=O) groups is 1. The van der Waals surface area contributed by atoms with Crippen LogP contribution in [0.4, 0.5) is 0 Å². The van der Waals surface area contributed by atoms with Crippen molar-refractivity contribution in [1.82, 2.24) is 14.8 Å². The molecule has 0 radical (unpaired) electrons. The molecule has 1 aromatic heterocycles. The van der Waals surface area contributed by atoms with Crippen LogP contribution in [-0.2, 0) is 6.54 Å². The second-order valence-corrected chi connectivity index (χ2v) is 8.36. The van der Waals surface area contributed by atoms with E-state index in [2.05, 4.69) is 38.3 Å². The van der Waals surface area contributed by atoms with Crippen molar-refractivity contribution in [2.45, 2.75) is 6.54 Å². The first-order valence-corrected chi connectivity index (χ1v) is 10.6. The van der Waals surface area contributed by atoms with Gasteiger partial charge in [0.1, 0.15) is 5.01 Å². The Morgan fingerprint density at radius 3 is 2.56 bits per heavy atom. The van der Waals surface area contributed by atoms with Gasteiger partial charge in [-0.3, -0.25) is 9.69 Å². The highest BCUT2D eigenvalue weighted by atomic mass is 79.9. The van der Waals surface area contributed by atoms with Gasteiger partial charge in [-0.05, 0) is 18.2 Å². The van der Waals surface area contributed by atoms with Gasteiger partial charge in [0.2, 0.25) is 0 Å². The zero-order valence-corrected chi connectivity index (χ0v) is 17.2. The molecule has 1 aliphatic heterocycles. The Bertz CT molecular complexity index is 920. The lowest BCUT2D eigenvalue weighted by Gasteiger charge is -2.34. The number of piperazine rings is 1. The summed E-state index contributed by atoms with van der Waals surface area (Å²) in [5, 5.41) is 3.20. The molecule has 0 aliphatic carbocycles. The molecule has 1 fully saturated rings. The first-order valence-electron chi connectivity index (χ1n) is 8.96. The molecule has 27 heavy (non-hydrogen) atoms. The van der Waals surface area contributed by atoms with Crippen LogP contribution in [0.1, 0.15) is 16.1 Å². The van der Waals surface area contributed by atoms with Crippen molar-refractivity contribution in [3.05, 3.63) is 75.7 Å². The zero-order valence-electron chi connectivity index (χ0n) is 14.8. The number of benzene rings is 2. The molecule has 0 atom stereocenters. The van der Waals surface area contributed by atoms with Gasteiger partial charge in [-0.25, -0.2) is 4.98 Å². The number of halogens is 1. The molecule has 0 bridgehead atoms. The number of thiazole rings is 1. The van der Waals surface area contributed by atoms with Gasteiger partial charge in [-0.1, -0.05) is 52.3 Å². The van der Waals surface area contributed by atoms with E-state index in [1.165, 1.54) is 0 Å². The lowest BCUT2D eigenvalue weighted by atomic mass is 10.2. The highest BCUT2D eigenvalue weighted by Gasteiger charge is 2.22. The van der Waals surface area contributed by atoms with Crippen LogP contribution < -0.4 is 0 Å². The van der Waals surface area contributed by atoms with Crippen molar-refractivity contribution in [1.29, 1.82) is 0 Å². The average Bonchev–Trinajstić information content (AvgIpc) is 3.17. The Labute approximate surface area is 171 Å². The SMILES string of the molecule is O=C(c1cccc(Br)c1)N1CCN(Cc2csc(-c3ccccc3)n2)CC1. The summed E-state index contributed by atoms with van der Waals surface area (Å²) in [6.45, 7) is 4.08. The molecule has 0 unspecified atom stereocenters. The molecule has 1 aliphatic rings. The van der Waals surface area contributed by atoms with Gasteiger partial charge < -0.3 is 4.90 Å². The second kappa shape index (κ2) is 8.33. The normalized spacial score (nSPS) is 15.1. The molecule has 6 heteroatoms. The lowest BCUT2D eigenvalue weighted by Crippen LogP contribution is -2.48. The smallest absolute Gasteiger partial charge is 0.253 e. The summed E-state index contributed by atoms with van der Waals surface area (Å²) in [6.07, 6.45) is 0. The minimum absolute atomic E-state index is 0.107. The molecule has 2 aromatic carbocycles. The van der Waals surface area contributed by atoms with Crippen LogP contribution in [0.5, 0.6) is 0 Å². The molecule has 138 valence electrons. The topological polar surface area (TPSA) is 36.4 Å². The van der Waals surface area contributed by atoms with E-state index in [-0.39, 0.29) is 5.91 Å². The quantitative estimate of drug-likeness (QED) is 0.596. The number of amides is 1. The van der Waals surface area contributed by atoms with Crippen LogP contribution in [0.3, 0.4) is 0 Å². The molecule has 0 N–H and O–H groups in total. The Morgan fingerprint density at radius 1 is 1.04 bits per heavy atom. The molecular formula is C21H20BrN3OS. The molecule has 0 spiro atoms. The first kappa shape index (κ1) is 18.3. The van der Waals surface area contributed by atoms with Crippen LogP contribution in [0, 0.1) is 0 Å². The summed E-state index contributed by atoms with van der Waals surface area (Å²) in [4.78, 5) is 21.7. The molecule has 4 nitrogen and oxygen atoms in total. The number of carbonyl (C=O) groups excluding carboxylic acids is 1. The van der Waals surface area contributed by atoms with Crippen LogP contribution in [0.2, 0.25) is 0 Å². The summed E-state index contributed by atoms with van der Waals surface area (Å²) in [5.74, 6) is 0.107. The predicted octanol–water partition coefficient (Wildman–Crippen LogP) is 4.53. The molecule has 3 aromatic rings. The minimum Gasteiger partial charge on any atom is -0.336 e. The Kier molecular flexibility index (Phi) is 5.66. The fourth-order valence-corrected chi connectivity index (χ4v) is 4.45. The van der Waals surface area contributed by atoms with Crippen molar-refractivity contribution in [2.75, 3.05) is 26.2 Å². The Morgan fingerprint density at radius 2 is 1.81 bits per heavy atom. The number of hydrogen-bond donors (Lipinski definition) is 0. The third kappa shape index (κ3) is 4.46. The van der Waals surface area contributed by atoms with E-state index in [0.29, 0.717) is 0 Å². The number of rotatable bonds is 4. The summed E-state index contributed by atoms with van der Waals surface area (Å²) in [6, 6.07) is 17.9. The van der Waals surface area contributed by atoms with Crippen LogP contribution in [-0.4, -0.2) is 46.9 Å². The number of aromatic nitrogens is 1. The molecule has 1 amide bonds. The van der Waals surface area contributed by atoms with Gasteiger partial charge in [0.25, 0.3) is 5.91 Å². The standard InChI is InChI=1S/C21H20BrN3OS/c22-18-8-4-7-17(13-18)21(26)25-11-9-24(10-12-25)14-19-15-27-20(23-19)16-5-2-1-3-6-16/h1-8,13,15H,9-12,14H2. The van der Waals surface area contributed by atoms with Crippen molar-refractivity contribution in [2.24, 2.45) is 0 Å². The fraction of sp³-hybridized carbons (Fsp3) is 0.238. The summed E-state index contributed by atoms with van der Waals surface area (Å²) in [5.41, 5.74) is 3.01. The zero-order chi connectivity index (χ0) is 18.6. The highest BCUT2D eigenvalue weighted by Crippen LogP contribution is 2.24. The average molecular weight is 442 g/mol. The monoisotopic (exact) mass is 441 g/mol. The largest absolute Gasteiger partial charge is 0.336 e. The summed E-state index contributed by atoms with van der Waals surface area (Å²) in [7, 11) is 0. The van der Waals surface area contributed by atoms with Gasteiger partial charge in [0.05, 0.1) is 5.69 Å². The maximum atomic E-state index is 12.7. The predicted molar refractivity (Wildman–Crippen MR) is 113 cm³/mol. The van der Waals surface area contributed by atoms with E-state index < -0.39 is 0 Å². The molecular weight excluding hydrogens is 422 g/mol. The van der Waals surface area contributed by atoms with Gasteiger partial charge in [0.15, 0.2) is 0 Å². The van der Waals surface area contributed by atoms with E-state index in [9.17, 15) is 4.79 Å². The third-order valence-corrected chi connectivity index (χ3v) is 6.12. The van der Waals surface area contributed by atoms with E-state index >= 15 is 0 Å². The molecule has 1 saturated heterocycles. The number of nitrogens with zero attached hydrogens (tertiary/aromatic N) is 3. The fourth-order valence-electron chi connectivity index (χ4n) is 3.24. The van der Waals surface area contributed by atoms with E-state index in [1.54, 1.807) is 11.3 Å². The van der Waals surface area contributed by atoms with Gasteiger partial charge in [-0.2, -0.15) is 0 Å². The van der Waals surface area contributed by atoms with Crippen molar-refractivity contribution in [3.63, 3.8) is 0 Å². The summed E-state index contributed by atoms with van der Waals surface area (Å²) < 4.78 is 0.935. The van der Waals surface area contributed by atoms with Crippen LogP contribution in [0.25, 0.3) is 10.6 Å². The van der Waals surface area contributed by atoms with Crippen molar-refractivity contribution >= 4 is 33.2 Å². The van der Waals surface area contributed by atoms with Crippen LogP contribution in [0.15, 0.2) is 64.5 Å². The second-order valence-electron chi connectivity index (χ2n) is 6.59. The Balaban J connectivity index is 1.33. The lowest BCUT2D eigenvalue weighted by molar-refractivity contribution is 0.0627. The van der Waals surface area contributed by atoms with Gasteiger partial charge in [0, 0.05) is 53.7 Å². The van der Waals surface area contributed by atoms with Crippen molar-refractivity contribution in [3.8, 4) is 10.6 Å².